The minimum absolute atomic E-state index is 0.0494. The van der Waals surface area contributed by atoms with Gasteiger partial charge in [-0.2, -0.15) is 0 Å². The summed E-state index contributed by atoms with van der Waals surface area (Å²) in [7, 11) is 1.63. The smallest absolute Gasteiger partial charge is 0.321 e. The highest BCUT2D eigenvalue weighted by molar-refractivity contribution is 5.90. The molecule has 5 heteroatoms. The van der Waals surface area contributed by atoms with E-state index < -0.39 is 0 Å². The molecule has 0 atom stereocenters. The van der Waals surface area contributed by atoms with Crippen LogP contribution in [0, 0.1) is 6.92 Å². The Bertz CT molecular complexity index is 407. The minimum Gasteiger partial charge on any atom is -0.494 e. The zero-order valence-corrected chi connectivity index (χ0v) is 11.1. The minimum atomic E-state index is -0.240. The van der Waals surface area contributed by atoms with Gasteiger partial charge in [0.1, 0.15) is 5.75 Å². The first-order valence-corrected chi connectivity index (χ1v) is 5.95. The van der Waals surface area contributed by atoms with Crippen molar-refractivity contribution in [3.05, 3.63) is 23.8 Å². The molecule has 18 heavy (non-hydrogen) atoms. The predicted octanol–water partition coefficient (Wildman–Crippen LogP) is 1.85. The zero-order valence-electron chi connectivity index (χ0n) is 11.1. The molecular weight excluding hydrogens is 232 g/mol. The quantitative estimate of drug-likeness (QED) is 0.840. The van der Waals surface area contributed by atoms with Crippen molar-refractivity contribution < 1.29 is 14.6 Å². The molecule has 1 aromatic carbocycles. The first-order chi connectivity index (χ1) is 8.58. The molecule has 0 aliphatic carbocycles. The van der Waals surface area contributed by atoms with Crippen LogP contribution in [-0.4, -0.2) is 42.8 Å². The molecule has 0 radical (unpaired) electrons. The van der Waals surface area contributed by atoms with Crippen LogP contribution in [-0.2, 0) is 0 Å². The van der Waals surface area contributed by atoms with Crippen LogP contribution in [0.25, 0.3) is 0 Å². The van der Waals surface area contributed by atoms with Gasteiger partial charge in [0.2, 0.25) is 0 Å². The highest BCUT2D eigenvalue weighted by Crippen LogP contribution is 2.21. The van der Waals surface area contributed by atoms with Gasteiger partial charge >= 0.3 is 6.03 Å². The number of carbonyl (C=O) groups excluding carboxylic acids is 1. The van der Waals surface area contributed by atoms with E-state index in [0.29, 0.717) is 13.2 Å². The third-order valence-electron chi connectivity index (χ3n) is 2.53. The Hall–Kier alpha value is -1.75. The van der Waals surface area contributed by atoms with E-state index in [-0.39, 0.29) is 12.6 Å². The van der Waals surface area contributed by atoms with E-state index in [1.807, 2.05) is 32.0 Å². The Labute approximate surface area is 107 Å². The molecule has 0 saturated heterocycles. The number of hydrogen-bond donors (Lipinski definition) is 2. The normalized spacial score (nSPS) is 10.0. The molecule has 2 N–H and O–H groups in total. The molecule has 5 nitrogen and oxygen atoms in total. The molecule has 0 aromatic heterocycles. The number of ether oxygens (including phenoxy) is 1. The number of carbonyl (C=O) groups is 1. The van der Waals surface area contributed by atoms with Crippen molar-refractivity contribution in [2.75, 3.05) is 32.1 Å². The number of hydrogen-bond acceptors (Lipinski definition) is 3. The van der Waals surface area contributed by atoms with Crippen LogP contribution in [0.1, 0.15) is 12.5 Å². The Morgan fingerprint density at radius 3 is 2.78 bits per heavy atom. The molecule has 100 valence electrons. The van der Waals surface area contributed by atoms with Crippen LogP contribution in [0.5, 0.6) is 5.75 Å². The van der Waals surface area contributed by atoms with E-state index in [1.165, 1.54) is 4.90 Å². The highest BCUT2D eigenvalue weighted by Gasteiger charge is 2.09. The van der Waals surface area contributed by atoms with Gasteiger partial charge in [-0.05, 0) is 37.6 Å². The van der Waals surface area contributed by atoms with Gasteiger partial charge in [-0.3, -0.25) is 0 Å². The van der Waals surface area contributed by atoms with Crippen molar-refractivity contribution in [2.45, 2.75) is 13.8 Å². The van der Waals surface area contributed by atoms with Crippen molar-refractivity contribution in [1.82, 2.24) is 4.90 Å². The Balaban J connectivity index is 2.70. The second kappa shape index (κ2) is 6.86. The topological polar surface area (TPSA) is 61.8 Å². The number of anilines is 1. The van der Waals surface area contributed by atoms with E-state index in [0.717, 1.165) is 17.0 Å². The third kappa shape index (κ3) is 3.92. The lowest BCUT2D eigenvalue weighted by Crippen LogP contribution is -2.33. The number of likely N-dealkylation sites (N-methyl/N-ethyl adjacent to an activating group) is 1. The molecule has 0 unspecified atom stereocenters. The van der Waals surface area contributed by atoms with E-state index >= 15 is 0 Å². The van der Waals surface area contributed by atoms with Gasteiger partial charge in [0.15, 0.2) is 0 Å². The number of urea groups is 1. The van der Waals surface area contributed by atoms with Crippen LogP contribution in [0.3, 0.4) is 0 Å². The maximum absolute atomic E-state index is 11.7. The molecule has 1 rings (SSSR count). The Kier molecular flexibility index (Phi) is 5.45. The summed E-state index contributed by atoms with van der Waals surface area (Å²) in [5, 5.41) is 11.5. The number of benzene rings is 1. The van der Waals surface area contributed by atoms with Gasteiger partial charge in [0.05, 0.1) is 13.2 Å². The molecule has 0 aliphatic rings. The lowest BCUT2D eigenvalue weighted by atomic mass is 10.2. The van der Waals surface area contributed by atoms with Gasteiger partial charge in [0, 0.05) is 19.3 Å². The number of nitrogens with one attached hydrogen (secondary N) is 1. The molecule has 0 aliphatic heterocycles. The first kappa shape index (κ1) is 14.3. The monoisotopic (exact) mass is 252 g/mol. The summed E-state index contributed by atoms with van der Waals surface area (Å²) in [6, 6.07) is 5.27. The summed E-state index contributed by atoms with van der Waals surface area (Å²) in [6.45, 7) is 4.71. The van der Waals surface area contributed by atoms with E-state index in [2.05, 4.69) is 5.32 Å². The molecule has 0 saturated carbocycles. The summed E-state index contributed by atoms with van der Waals surface area (Å²) in [4.78, 5) is 13.2. The fourth-order valence-corrected chi connectivity index (χ4v) is 1.50. The predicted molar refractivity (Wildman–Crippen MR) is 71.1 cm³/mol. The fourth-order valence-electron chi connectivity index (χ4n) is 1.50. The van der Waals surface area contributed by atoms with Crippen molar-refractivity contribution in [1.29, 1.82) is 0 Å². The molecule has 1 aromatic rings. The number of aliphatic hydroxyl groups is 1. The molecule has 2 amide bonds. The molecule has 0 heterocycles. The van der Waals surface area contributed by atoms with E-state index in [1.54, 1.807) is 7.05 Å². The summed E-state index contributed by atoms with van der Waals surface area (Å²) in [6.07, 6.45) is 0. The molecule has 0 fully saturated rings. The lowest BCUT2D eigenvalue weighted by Gasteiger charge is -2.18. The third-order valence-corrected chi connectivity index (χ3v) is 2.53. The van der Waals surface area contributed by atoms with Crippen LogP contribution in [0.4, 0.5) is 10.5 Å². The second-order valence-corrected chi connectivity index (χ2v) is 3.99. The van der Waals surface area contributed by atoms with Crippen molar-refractivity contribution >= 4 is 11.7 Å². The average Bonchev–Trinajstić information content (AvgIpc) is 2.33. The summed E-state index contributed by atoms with van der Waals surface area (Å²) in [5.74, 6) is 0.789. The number of nitrogens with zero attached hydrogens (tertiary/aromatic N) is 1. The van der Waals surface area contributed by atoms with Gasteiger partial charge < -0.3 is 20.1 Å². The van der Waals surface area contributed by atoms with Crippen LogP contribution < -0.4 is 10.1 Å². The molecule has 0 spiro atoms. The van der Waals surface area contributed by atoms with Crippen LogP contribution in [0.15, 0.2) is 18.2 Å². The number of rotatable bonds is 5. The Morgan fingerprint density at radius 2 is 2.22 bits per heavy atom. The van der Waals surface area contributed by atoms with E-state index in [9.17, 15) is 4.79 Å². The standard InChI is InChI=1S/C13H20N2O3/c1-4-18-11-5-6-12(10(2)9-11)14-13(17)15(3)7-8-16/h5-6,9,16H,4,7-8H2,1-3H3,(H,14,17). The maximum Gasteiger partial charge on any atom is 0.321 e. The first-order valence-electron chi connectivity index (χ1n) is 5.95. The van der Waals surface area contributed by atoms with Gasteiger partial charge in [-0.15, -0.1) is 0 Å². The molecule has 0 bridgehead atoms. The SMILES string of the molecule is CCOc1ccc(NC(=O)N(C)CCO)c(C)c1. The number of aryl methyl sites for hydroxylation is 1. The number of aliphatic hydroxyl groups excluding tert-OH is 1. The highest BCUT2D eigenvalue weighted by atomic mass is 16.5. The lowest BCUT2D eigenvalue weighted by molar-refractivity contribution is 0.202. The molecular formula is C13H20N2O3. The fraction of sp³-hybridized carbons (Fsp3) is 0.462. The summed E-state index contributed by atoms with van der Waals surface area (Å²) >= 11 is 0. The van der Waals surface area contributed by atoms with E-state index in [4.69, 9.17) is 9.84 Å². The summed E-state index contributed by atoms with van der Waals surface area (Å²) in [5.41, 5.74) is 1.68. The summed E-state index contributed by atoms with van der Waals surface area (Å²) < 4.78 is 5.38. The average molecular weight is 252 g/mol. The van der Waals surface area contributed by atoms with Crippen LogP contribution >= 0.6 is 0 Å². The second-order valence-electron chi connectivity index (χ2n) is 3.99. The zero-order chi connectivity index (χ0) is 13.5. The Morgan fingerprint density at radius 1 is 1.50 bits per heavy atom. The van der Waals surface area contributed by atoms with Crippen molar-refractivity contribution in [3.63, 3.8) is 0 Å². The van der Waals surface area contributed by atoms with Gasteiger partial charge in [0.25, 0.3) is 0 Å². The maximum atomic E-state index is 11.7. The van der Waals surface area contributed by atoms with Crippen molar-refractivity contribution in [3.8, 4) is 5.75 Å². The van der Waals surface area contributed by atoms with Gasteiger partial charge in [-0.25, -0.2) is 4.79 Å². The van der Waals surface area contributed by atoms with Crippen molar-refractivity contribution in [2.24, 2.45) is 0 Å². The number of amides is 2. The largest absolute Gasteiger partial charge is 0.494 e. The van der Waals surface area contributed by atoms with Crippen LogP contribution in [0.2, 0.25) is 0 Å². The van der Waals surface area contributed by atoms with Gasteiger partial charge in [-0.1, -0.05) is 0 Å².